The highest BCUT2D eigenvalue weighted by atomic mass is 32.2. The highest BCUT2D eigenvalue weighted by Crippen LogP contribution is 2.21. The maximum absolute atomic E-state index is 12.4. The summed E-state index contributed by atoms with van der Waals surface area (Å²) in [6.07, 6.45) is 2.03. The summed E-state index contributed by atoms with van der Waals surface area (Å²) in [6, 6.07) is 9.05. The maximum atomic E-state index is 12.4. The lowest BCUT2D eigenvalue weighted by Crippen LogP contribution is -2.35. The van der Waals surface area contributed by atoms with Gasteiger partial charge in [-0.15, -0.1) is 0 Å². The molecule has 1 fully saturated rings. The molecule has 1 aliphatic heterocycles. The summed E-state index contributed by atoms with van der Waals surface area (Å²) in [7, 11) is -3.02. The number of rotatable bonds is 4. The quantitative estimate of drug-likeness (QED) is 0.875. The highest BCUT2D eigenvalue weighted by Gasteiger charge is 2.29. The van der Waals surface area contributed by atoms with E-state index in [1.807, 2.05) is 32.0 Å². The second-order valence-electron chi connectivity index (χ2n) is 6.45. The fourth-order valence-electron chi connectivity index (χ4n) is 2.83. The lowest BCUT2D eigenvalue weighted by atomic mass is 10.1. The zero-order valence-corrected chi connectivity index (χ0v) is 15.1. The molecule has 0 radical (unpaired) electrons. The molecule has 0 bridgehead atoms. The second kappa shape index (κ2) is 6.84. The highest BCUT2D eigenvalue weighted by molar-refractivity contribution is 7.91. The third-order valence-electron chi connectivity index (χ3n) is 4.25. The number of sulfone groups is 1. The summed E-state index contributed by atoms with van der Waals surface area (Å²) in [6.45, 7) is 4.01. The predicted octanol–water partition coefficient (Wildman–Crippen LogP) is 2.36. The monoisotopic (exact) mass is 359 g/mol. The van der Waals surface area contributed by atoms with E-state index >= 15 is 0 Å². The van der Waals surface area contributed by atoms with E-state index in [0.717, 1.165) is 16.8 Å². The van der Waals surface area contributed by atoms with Crippen molar-refractivity contribution in [2.45, 2.75) is 26.3 Å². The van der Waals surface area contributed by atoms with Crippen LogP contribution in [0.1, 0.15) is 27.9 Å². The Morgan fingerprint density at radius 3 is 2.72 bits per heavy atom. The van der Waals surface area contributed by atoms with Gasteiger partial charge in [0, 0.05) is 23.5 Å². The van der Waals surface area contributed by atoms with Gasteiger partial charge in [-0.2, -0.15) is 0 Å². The van der Waals surface area contributed by atoms with E-state index in [4.69, 9.17) is 0 Å². The van der Waals surface area contributed by atoms with Crippen LogP contribution in [-0.4, -0.2) is 36.9 Å². The first kappa shape index (κ1) is 17.4. The summed E-state index contributed by atoms with van der Waals surface area (Å²) in [5, 5.41) is 6.02. The standard InChI is InChI=1S/C18H21N3O3S/c1-12-3-4-13(2)16(9-12)21-17-10-14(5-7-19-17)18(22)20-15-6-8-25(23,24)11-15/h3-5,7,9-10,15H,6,8,11H2,1-2H3,(H,19,21)(H,20,22). The summed E-state index contributed by atoms with van der Waals surface area (Å²) < 4.78 is 23.0. The van der Waals surface area contributed by atoms with Crippen molar-refractivity contribution in [2.24, 2.45) is 0 Å². The topological polar surface area (TPSA) is 88.2 Å². The first-order chi connectivity index (χ1) is 11.8. The molecule has 7 heteroatoms. The molecule has 6 nitrogen and oxygen atoms in total. The van der Waals surface area contributed by atoms with Crippen molar-refractivity contribution in [1.29, 1.82) is 0 Å². The van der Waals surface area contributed by atoms with Crippen molar-refractivity contribution < 1.29 is 13.2 Å². The van der Waals surface area contributed by atoms with Gasteiger partial charge in [0.05, 0.1) is 11.5 Å². The molecule has 1 aromatic heterocycles. The fourth-order valence-corrected chi connectivity index (χ4v) is 4.50. The van der Waals surface area contributed by atoms with Crippen LogP contribution in [-0.2, 0) is 9.84 Å². The summed E-state index contributed by atoms with van der Waals surface area (Å²) >= 11 is 0. The molecule has 1 unspecified atom stereocenters. The number of nitrogens with zero attached hydrogens (tertiary/aromatic N) is 1. The lowest BCUT2D eigenvalue weighted by molar-refractivity contribution is 0.0941. The van der Waals surface area contributed by atoms with Gasteiger partial charge >= 0.3 is 0 Å². The van der Waals surface area contributed by atoms with E-state index in [1.165, 1.54) is 0 Å². The van der Waals surface area contributed by atoms with Crippen molar-refractivity contribution in [2.75, 3.05) is 16.8 Å². The number of amides is 1. The molecule has 0 saturated carbocycles. The van der Waals surface area contributed by atoms with Crippen molar-refractivity contribution >= 4 is 27.2 Å². The summed E-state index contributed by atoms with van der Waals surface area (Å²) in [5.74, 6) is 0.430. The van der Waals surface area contributed by atoms with Gasteiger partial charge in [-0.25, -0.2) is 13.4 Å². The Balaban J connectivity index is 1.73. The smallest absolute Gasteiger partial charge is 0.251 e. The van der Waals surface area contributed by atoms with Crippen LogP contribution >= 0.6 is 0 Å². The van der Waals surface area contributed by atoms with Crippen molar-refractivity contribution in [1.82, 2.24) is 10.3 Å². The number of hydrogen-bond acceptors (Lipinski definition) is 5. The van der Waals surface area contributed by atoms with E-state index < -0.39 is 9.84 Å². The molecule has 0 aliphatic carbocycles. The summed E-state index contributed by atoms with van der Waals surface area (Å²) in [4.78, 5) is 16.6. The second-order valence-corrected chi connectivity index (χ2v) is 8.68. The van der Waals surface area contributed by atoms with Crippen LogP contribution < -0.4 is 10.6 Å². The van der Waals surface area contributed by atoms with Crippen molar-refractivity contribution in [3.63, 3.8) is 0 Å². The normalized spacial score (nSPS) is 18.7. The Bertz CT molecular complexity index is 910. The molecule has 0 spiro atoms. The zero-order chi connectivity index (χ0) is 18.0. The minimum Gasteiger partial charge on any atom is -0.348 e. The first-order valence-corrected chi connectivity index (χ1v) is 9.96. The van der Waals surface area contributed by atoms with Crippen LogP contribution in [0.15, 0.2) is 36.5 Å². The van der Waals surface area contributed by atoms with Gasteiger partial charge in [0.2, 0.25) is 0 Å². The van der Waals surface area contributed by atoms with Crippen LogP contribution in [0.3, 0.4) is 0 Å². The van der Waals surface area contributed by atoms with Gasteiger partial charge in [-0.1, -0.05) is 12.1 Å². The number of hydrogen-bond donors (Lipinski definition) is 2. The molecule has 2 aromatic rings. The number of benzene rings is 1. The number of aryl methyl sites for hydroxylation is 2. The Kier molecular flexibility index (Phi) is 4.76. The molecular formula is C18H21N3O3S. The third-order valence-corrected chi connectivity index (χ3v) is 6.01. The van der Waals surface area contributed by atoms with E-state index in [1.54, 1.807) is 18.3 Å². The van der Waals surface area contributed by atoms with E-state index in [2.05, 4.69) is 15.6 Å². The van der Waals surface area contributed by atoms with E-state index in [9.17, 15) is 13.2 Å². The van der Waals surface area contributed by atoms with Gasteiger partial charge in [0.1, 0.15) is 5.82 Å². The molecule has 132 valence electrons. The molecule has 2 N–H and O–H groups in total. The van der Waals surface area contributed by atoms with Crippen molar-refractivity contribution in [3.8, 4) is 0 Å². The largest absolute Gasteiger partial charge is 0.348 e. The van der Waals surface area contributed by atoms with Gasteiger partial charge in [0.25, 0.3) is 5.91 Å². The number of carbonyl (C=O) groups is 1. The molecule has 1 aromatic carbocycles. The van der Waals surface area contributed by atoms with Crippen LogP contribution in [0.4, 0.5) is 11.5 Å². The number of carbonyl (C=O) groups excluding carboxylic acids is 1. The van der Waals surface area contributed by atoms with Crippen molar-refractivity contribution in [3.05, 3.63) is 53.2 Å². The van der Waals surface area contributed by atoms with E-state index in [0.29, 0.717) is 17.8 Å². The van der Waals surface area contributed by atoms with Crippen LogP contribution in [0, 0.1) is 13.8 Å². The number of aromatic nitrogens is 1. The molecule has 3 rings (SSSR count). The minimum atomic E-state index is -3.02. The number of anilines is 2. The Hall–Kier alpha value is -2.41. The molecule has 25 heavy (non-hydrogen) atoms. The molecule has 1 saturated heterocycles. The van der Waals surface area contributed by atoms with Gasteiger partial charge < -0.3 is 10.6 Å². The number of nitrogens with one attached hydrogen (secondary N) is 2. The number of pyridine rings is 1. The van der Waals surface area contributed by atoms with Gasteiger partial charge in [-0.05, 0) is 49.6 Å². The summed E-state index contributed by atoms with van der Waals surface area (Å²) in [5.41, 5.74) is 3.60. The average molecular weight is 359 g/mol. The van der Waals surface area contributed by atoms with E-state index in [-0.39, 0.29) is 23.5 Å². The Morgan fingerprint density at radius 2 is 2.00 bits per heavy atom. The predicted molar refractivity (Wildman–Crippen MR) is 98.0 cm³/mol. The first-order valence-electron chi connectivity index (χ1n) is 8.14. The Labute approximate surface area is 147 Å². The van der Waals surface area contributed by atoms with Gasteiger partial charge in [0.15, 0.2) is 9.84 Å². The molecule has 2 heterocycles. The van der Waals surface area contributed by atoms with Crippen LogP contribution in [0.25, 0.3) is 0 Å². The molecule has 1 amide bonds. The van der Waals surface area contributed by atoms with Crippen LogP contribution in [0.5, 0.6) is 0 Å². The fraction of sp³-hybridized carbons (Fsp3) is 0.333. The third kappa shape index (κ3) is 4.36. The van der Waals surface area contributed by atoms with Gasteiger partial charge in [-0.3, -0.25) is 4.79 Å². The SMILES string of the molecule is Cc1ccc(C)c(Nc2cc(C(=O)NC3CCS(=O)(=O)C3)ccn2)c1. The maximum Gasteiger partial charge on any atom is 0.251 e. The zero-order valence-electron chi connectivity index (χ0n) is 14.2. The molecule has 1 aliphatic rings. The minimum absolute atomic E-state index is 0.0113. The molecule has 1 atom stereocenters. The van der Waals surface area contributed by atoms with Crippen LogP contribution in [0.2, 0.25) is 0 Å². The molecular weight excluding hydrogens is 338 g/mol. The average Bonchev–Trinajstić information content (AvgIpc) is 2.90. The lowest BCUT2D eigenvalue weighted by Gasteiger charge is -2.13. The Morgan fingerprint density at radius 1 is 1.20 bits per heavy atom.